The van der Waals surface area contributed by atoms with Gasteiger partial charge in [-0.15, -0.1) is 24.0 Å². The number of rotatable bonds is 8. The Kier molecular flexibility index (Phi) is 9.11. The van der Waals surface area contributed by atoms with Crippen LogP contribution in [-0.4, -0.2) is 63.8 Å². The molecule has 1 aromatic rings. The minimum absolute atomic E-state index is 0. The second-order valence-electron chi connectivity index (χ2n) is 7.42. The van der Waals surface area contributed by atoms with Gasteiger partial charge in [-0.05, 0) is 49.9 Å². The zero-order valence-corrected chi connectivity index (χ0v) is 19.4. The van der Waals surface area contributed by atoms with Crippen molar-refractivity contribution in [2.75, 3.05) is 46.9 Å². The lowest BCUT2D eigenvalue weighted by atomic mass is 9.96. The summed E-state index contributed by atoms with van der Waals surface area (Å²) in [6.07, 6.45) is 4.90. The van der Waals surface area contributed by atoms with Gasteiger partial charge < -0.3 is 15.4 Å². The van der Waals surface area contributed by atoms with Gasteiger partial charge in [-0.1, -0.05) is 23.7 Å². The molecule has 2 aliphatic rings. The normalized spacial score (nSPS) is 21.6. The molecule has 1 saturated carbocycles. The van der Waals surface area contributed by atoms with Crippen LogP contribution < -0.4 is 10.6 Å². The highest BCUT2D eigenvalue weighted by atomic mass is 127. The summed E-state index contributed by atoms with van der Waals surface area (Å²) >= 11 is 6.17. The summed E-state index contributed by atoms with van der Waals surface area (Å²) in [7, 11) is 3.61. The van der Waals surface area contributed by atoms with Crippen molar-refractivity contribution < 1.29 is 4.74 Å². The number of hydrogen-bond acceptors (Lipinski definition) is 3. The van der Waals surface area contributed by atoms with Gasteiger partial charge in [0.25, 0.3) is 0 Å². The fourth-order valence-electron chi connectivity index (χ4n) is 3.85. The van der Waals surface area contributed by atoms with Gasteiger partial charge in [0, 0.05) is 50.3 Å². The number of halogens is 2. The molecule has 0 radical (unpaired) electrons. The van der Waals surface area contributed by atoms with Crippen LogP contribution in [0.25, 0.3) is 0 Å². The molecule has 3 rings (SSSR count). The molecule has 1 unspecified atom stereocenters. The van der Waals surface area contributed by atoms with Crippen LogP contribution in [0.15, 0.2) is 29.3 Å². The van der Waals surface area contributed by atoms with E-state index in [1.165, 1.54) is 37.8 Å². The number of likely N-dealkylation sites (tertiary alicyclic amines) is 1. The lowest BCUT2D eigenvalue weighted by Gasteiger charge is -2.25. The van der Waals surface area contributed by atoms with Gasteiger partial charge in [0.15, 0.2) is 5.96 Å². The minimum Gasteiger partial charge on any atom is -0.383 e. The number of guanidine groups is 1. The number of benzene rings is 1. The Morgan fingerprint density at radius 3 is 2.85 bits per heavy atom. The first-order chi connectivity index (χ1) is 12.7. The summed E-state index contributed by atoms with van der Waals surface area (Å²) in [6, 6.07) is 8.82. The van der Waals surface area contributed by atoms with E-state index in [0.29, 0.717) is 6.04 Å². The van der Waals surface area contributed by atoms with Crippen LogP contribution >= 0.6 is 35.6 Å². The Bertz CT molecular complexity index is 624. The van der Waals surface area contributed by atoms with Crippen molar-refractivity contribution in [1.29, 1.82) is 0 Å². The smallest absolute Gasteiger partial charge is 0.191 e. The fraction of sp³-hybridized carbons (Fsp3) is 0.650. The number of hydrogen-bond donors (Lipinski definition) is 2. The lowest BCUT2D eigenvalue weighted by molar-refractivity contribution is 0.141. The van der Waals surface area contributed by atoms with E-state index in [9.17, 15) is 0 Å². The third kappa shape index (κ3) is 6.21. The Labute approximate surface area is 185 Å². The van der Waals surface area contributed by atoms with Crippen molar-refractivity contribution in [2.24, 2.45) is 4.99 Å². The van der Waals surface area contributed by atoms with Crippen molar-refractivity contribution in [3.63, 3.8) is 0 Å². The molecule has 7 heteroatoms. The van der Waals surface area contributed by atoms with Gasteiger partial charge in [0.2, 0.25) is 0 Å². The van der Waals surface area contributed by atoms with Crippen LogP contribution in [0.5, 0.6) is 0 Å². The van der Waals surface area contributed by atoms with Crippen molar-refractivity contribution in [1.82, 2.24) is 15.5 Å². The van der Waals surface area contributed by atoms with Crippen LogP contribution in [-0.2, 0) is 10.2 Å². The zero-order chi connectivity index (χ0) is 18.4. The summed E-state index contributed by atoms with van der Waals surface area (Å²) in [5, 5.41) is 7.85. The van der Waals surface area contributed by atoms with Gasteiger partial charge in [-0.3, -0.25) is 9.89 Å². The van der Waals surface area contributed by atoms with Crippen LogP contribution in [0.2, 0.25) is 5.02 Å². The minimum atomic E-state index is 0. The Morgan fingerprint density at radius 1 is 1.37 bits per heavy atom. The Morgan fingerprint density at radius 2 is 2.19 bits per heavy atom. The van der Waals surface area contributed by atoms with E-state index in [4.69, 9.17) is 16.3 Å². The van der Waals surface area contributed by atoms with Gasteiger partial charge in [-0.2, -0.15) is 0 Å². The monoisotopic (exact) mass is 506 g/mol. The maximum atomic E-state index is 6.17. The maximum absolute atomic E-state index is 6.17. The predicted molar refractivity (Wildman–Crippen MR) is 124 cm³/mol. The molecule has 27 heavy (non-hydrogen) atoms. The van der Waals surface area contributed by atoms with Gasteiger partial charge in [0.05, 0.1) is 6.61 Å². The molecule has 0 bridgehead atoms. The molecule has 1 aromatic carbocycles. The van der Waals surface area contributed by atoms with E-state index >= 15 is 0 Å². The van der Waals surface area contributed by atoms with E-state index in [-0.39, 0.29) is 29.4 Å². The van der Waals surface area contributed by atoms with Crippen molar-refractivity contribution in [2.45, 2.75) is 37.1 Å². The van der Waals surface area contributed by atoms with E-state index in [0.717, 1.165) is 37.2 Å². The van der Waals surface area contributed by atoms with E-state index < -0.39 is 0 Å². The maximum Gasteiger partial charge on any atom is 0.191 e. The first-order valence-electron chi connectivity index (χ1n) is 9.60. The van der Waals surface area contributed by atoms with Gasteiger partial charge in [0.1, 0.15) is 0 Å². The number of nitrogens with one attached hydrogen (secondary N) is 2. The van der Waals surface area contributed by atoms with Crippen LogP contribution in [0.3, 0.4) is 0 Å². The van der Waals surface area contributed by atoms with Crippen LogP contribution in [0.4, 0.5) is 0 Å². The molecule has 1 saturated heterocycles. The summed E-state index contributed by atoms with van der Waals surface area (Å²) in [6.45, 7) is 4.79. The average molecular weight is 507 g/mol. The molecular formula is C20H32ClIN4O. The number of methoxy groups -OCH3 is 1. The van der Waals surface area contributed by atoms with E-state index in [1.807, 2.05) is 19.2 Å². The van der Waals surface area contributed by atoms with E-state index in [2.05, 4.69) is 32.7 Å². The average Bonchev–Trinajstić information content (AvgIpc) is 3.32. The fourth-order valence-corrected chi connectivity index (χ4v) is 4.04. The number of ether oxygens (including phenoxy) is 1. The quantitative estimate of drug-likeness (QED) is 0.323. The molecule has 2 N–H and O–H groups in total. The van der Waals surface area contributed by atoms with Crippen LogP contribution in [0.1, 0.15) is 31.2 Å². The molecule has 1 atom stereocenters. The highest BCUT2D eigenvalue weighted by molar-refractivity contribution is 14.0. The molecule has 2 fully saturated rings. The summed E-state index contributed by atoms with van der Waals surface area (Å²) < 4.78 is 5.22. The highest BCUT2D eigenvalue weighted by Crippen LogP contribution is 2.48. The van der Waals surface area contributed by atoms with Crippen molar-refractivity contribution in [3.8, 4) is 0 Å². The summed E-state index contributed by atoms with van der Waals surface area (Å²) in [4.78, 5) is 6.92. The molecular weight excluding hydrogens is 475 g/mol. The molecule has 5 nitrogen and oxygen atoms in total. The molecule has 152 valence electrons. The number of nitrogens with zero attached hydrogens (tertiary/aromatic N) is 2. The second kappa shape index (κ2) is 10.8. The topological polar surface area (TPSA) is 48.9 Å². The largest absolute Gasteiger partial charge is 0.383 e. The zero-order valence-electron chi connectivity index (χ0n) is 16.3. The Hall–Kier alpha value is -0.570. The standard InChI is InChI=1S/C20H31ClN4O.HI/c1-22-19(23-14-18-7-4-10-25(18)11-12-26-2)24-15-20(8-9-20)16-5-3-6-17(21)13-16;/h3,5-6,13,18H,4,7-12,14-15H2,1-2H3,(H2,22,23,24);1H. The molecule has 1 aliphatic carbocycles. The number of aliphatic imine (C=N–C) groups is 1. The SMILES string of the molecule is CN=C(NCC1CCCN1CCOC)NCC1(c2cccc(Cl)c2)CC1.I. The second-order valence-corrected chi connectivity index (χ2v) is 7.86. The first kappa shape index (κ1) is 22.7. The summed E-state index contributed by atoms with van der Waals surface area (Å²) in [5.74, 6) is 0.886. The third-order valence-corrected chi connectivity index (χ3v) is 5.93. The van der Waals surface area contributed by atoms with Crippen molar-refractivity contribution in [3.05, 3.63) is 34.9 Å². The molecule has 0 aromatic heterocycles. The lowest BCUT2D eigenvalue weighted by Crippen LogP contribution is -2.47. The molecule has 1 aliphatic heterocycles. The Balaban J connectivity index is 0.00000261. The van der Waals surface area contributed by atoms with Gasteiger partial charge in [-0.25, -0.2) is 0 Å². The predicted octanol–water partition coefficient (Wildman–Crippen LogP) is 3.27. The van der Waals surface area contributed by atoms with Crippen LogP contribution in [0, 0.1) is 0 Å². The molecule has 0 spiro atoms. The van der Waals surface area contributed by atoms with Gasteiger partial charge >= 0.3 is 0 Å². The molecule has 0 amide bonds. The first-order valence-corrected chi connectivity index (χ1v) is 9.98. The third-order valence-electron chi connectivity index (χ3n) is 5.70. The van der Waals surface area contributed by atoms with E-state index in [1.54, 1.807) is 7.11 Å². The van der Waals surface area contributed by atoms with Crippen molar-refractivity contribution >= 4 is 41.5 Å². The summed E-state index contributed by atoms with van der Waals surface area (Å²) in [5.41, 5.74) is 1.54. The highest BCUT2D eigenvalue weighted by Gasteiger charge is 2.44. The molecule has 1 heterocycles.